The van der Waals surface area contributed by atoms with Gasteiger partial charge in [-0.25, -0.2) is 18.3 Å². The second-order valence-electron chi connectivity index (χ2n) is 6.16. The number of carbonyl (C=O) groups is 1. The number of aromatic nitrogens is 4. The molecule has 0 bridgehead atoms. The van der Waals surface area contributed by atoms with Crippen LogP contribution in [-0.4, -0.2) is 50.8 Å². The fourth-order valence-electron chi connectivity index (χ4n) is 3.05. The first-order valence-corrected chi connectivity index (χ1v) is 8.23. The number of nitrogens with one attached hydrogen (secondary N) is 1. The summed E-state index contributed by atoms with van der Waals surface area (Å²) in [7, 11) is 1.74. The SMILES string of the molecule is Cn1nnnc1CCNC(=O)N1CCC[C@H](c2ccc(F)c(F)c2)C1. The summed E-state index contributed by atoms with van der Waals surface area (Å²) in [6.45, 7) is 1.57. The second-order valence-corrected chi connectivity index (χ2v) is 6.16. The monoisotopic (exact) mass is 350 g/mol. The van der Waals surface area contributed by atoms with Crippen LogP contribution in [0.3, 0.4) is 0 Å². The molecule has 1 saturated heterocycles. The second kappa shape index (κ2) is 7.54. The first-order valence-electron chi connectivity index (χ1n) is 8.23. The Morgan fingerprint density at radius 2 is 2.20 bits per heavy atom. The lowest BCUT2D eigenvalue weighted by molar-refractivity contribution is 0.179. The van der Waals surface area contributed by atoms with Gasteiger partial charge in [0, 0.05) is 39.0 Å². The highest BCUT2D eigenvalue weighted by Gasteiger charge is 2.25. The first-order chi connectivity index (χ1) is 12.0. The van der Waals surface area contributed by atoms with Gasteiger partial charge in [0.1, 0.15) is 0 Å². The zero-order chi connectivity index (χ0) is 17.8. The number of piperidine rings is 1. The number of tetrazole rings is 1. The number of nitrogens with zero attached hydrogens (tertiary/aromatic N) is 5. The summed E-state index contributed by atoms with van der Waals surface area (Å²) in [6, 6.07) is 3.79. The molecule has 0 aliphatic carbocycles. The van der Waals surface area contributed by atoms with Crippen LogP contribution in [0, 0.1) is 11.6 Å². The molecule has 1 fully saturated rings. The Hall–Kier alpha value is -2.58. The maximum Gasteiger partial charge on any atom is 0.317 e. The molecular weight excluding hydrogens is 330 g/mol. The van der Waals surface area contributed by atoms with Crippen LogP contribution in [0.2, 0.25) is 0 Å². The molecule has 2 amide bonds. The predicted octanol–water partition coefficient (Wildman–Crippen LogP) is 1.62. The number of benzene rings is 1. The number of halogens is 2. The lowest BCUT2D eigenvalue weighted by Gasteiger charge is -2.33. The van der Waals surface area contributed by atoms with Crippen molar-refractivity contribution in [2.24, 2.45) is 7.05 Å². The smallest absolute Gasteiger partial charge is 0.317 e. The maximum atomic E-state index is 13.4. The first kappa shape index (κ1) is 17.2. The Kier molecular flexibility index (Phi) is 5.20. The minimum Gasteiger partial charge on any atom is -0.338 e. The average molecular weight is 350 g/mol. The van der Waals surface area contributed by atoms with E-state index in [1.54, 1.807) is 22.7 Å². The molecule has 1 N–H and O–H groups in total. The summed E-state index contributed by atoms with van der Waals surface area (Å²) in [5.41, 5.74) is 0.724. The molecule has 1 aromatic heterocycles. The van der Waals surface area contributed by atoms with Gasteiger partial charge in [-0.3, -0.25) is 0 Å². The van der Waals surface area contributed by atoms with E-state index in [0.717, 1.165) is 24.5 Å². The van der Waals surface area contributed by atoms with Crippen LogP contribution >= 0.6 is 0 Å². The lowest BCUT2D eigenvalue weighted by Crippen LogP contribution is -2.45. The summed E-state index contributed by atoms with van der Waals surface area (Å²) < 4.78 is 28.1. The summed E-state index contributed by atoms with van der Waals surface area (Å²) in [6.07, 6.45) is 2.21. The zero-order valence-corrected chi connectivity index (χ0v) is 14.0. The van der Waals surface area contributed by atoms with Crippen LogP contribution in [0.25, 0.3) is 0 Å². The van der Waals surface area contributed by atoms with E-state index in [-0.39, 0.29) is 11.9 Å². The Morgan fingerprint density at radius 1 is 1.36 bits per heavy atom. The fourth-order valence-corrected chi connectivity index (χ4v) is 3.05. The van der Waals surface area contributed by atoms with Gasteiger partial charge in [-0.2, -0.15) is 0 Å². The largest absolute Gasteiger partial charge is 0.338 e. The van der Waals surface area contributed by atoms with Crippen molar-refractivity contribution in [3.8, 4) is 0 Å². The fraction of sp³-hybridized carbons (Fsp3) is 0.500. The van der Waals surface area contributed by atoms with Crippen LogP contribution < -0.4 is 5.32 Å². The van der Waals surface area contributed by atoms with Crippen LogP contribution in [0.15, 0.2) is 18.2 Å². The summed E-state index contributed by atoms with van der Waals surface area (Å²) in [5, 5.41) is 14.0. The zero-order valence-electron chi connectivity index (χ0n) is 14.0. The summed E-state index contributed by atoms with van der Waals surface area (Å²) in [5.74, 6) is -1.00. The van der Waals surface area contributed by atoms with E-state index in [1.165, 1.54) is 6.07 Å². The molecule has 0 saturated carbocycles. The highest BCUT2D eigenvalue weighted by molar-refractivity contribution is 5.74. The third-order valence-corrected chi connectivity index (χ3v) is 4.46. The minimum absolute atomic E-state index is 0.0116. The molecular formula is C16H20F2N6O. The number of urea groups is 1. The Bertz CT molecular complexity index is 750. The van der Waals surface area contributed by atoms with Crippen molar-refractivity contribution in [2.45, 2.75) is 25.2 Å². The molecule has 134 valence electrons. The quantitative estimate of drug-likeness (QED) is 0.909. The highest BCUT2D eigenvalue weighted by Crippen LogP contribution is 2.27. The van der Waals surface area contributed by atoms with E-state index in [4.69, 9.17) is 0 Å². The van der Waals surface area contributed by atoms with E-state index >= 15 is 0 Å². The third kappa shape index (κ3) is 4.09. The maximum absolute atomic E-state index is 13.4. The molecule has 7 nitrogen and oxygen atoms in total. The van der Waals surface area contributed by atoms with Gasteiger partial charge in [0.2, 0.25) is 0 Å². The number of likely N-dealkylation sites (tertiary alicyclic amines) is 1. The van der Waals surface area contributed by atoms with Crippen molar-refractivity contribution in [2.75, 3.05) is 19.6 Å². The van der Waals surface area contributed by atoms with E-state index in [9.17, 15) is 13.6 Å². The number of carbonyl (C=O) groups excluding carboxylic acids is 1. The van der Waals surface area contributed by atoms with E-state index in [2.05, 4.69) is 20.8 Å². The van der Waals surface area contributed by atoms with Crippen molar-refractivity contribution in [1.29, 1.82) is 0 Å². The summed E-state index contributed by atoms with van der Waals surface area (Å²) >= 11 is 0. The van der Waals surface area contributed by atoms with E-state index < -0.39 is 11.6 Å². The molecule has 1 aromatic carbocycles. The molecule has 1 aliphatic heterocycles. The molecule has 2 aromatic rings. The van der Waals surface area contributed by atoms with Crippen LogP contribution in [-0.2, 0) is 13.5 Å². The molecule has 1 atom stereocenters. The molecule has 0 spiro atoms. The number of aryl methyl sites for hydroxylation is 1. The molecule has 9 heteroatoms. The van der Waals surface area contributed by atoms with Crippen LogP contribution in [0.5, 0.6) is 0 Å². The molecule has 2 heterocycles. The topological polar surface area (TPSA) is 75.9 Å². The molecule has 0 unspecified atom stereocenters. The van der Waals surface area contributed by atoms with Crippen LogP contribution in [0.1, 0.15) is 30.1 Å². The number of hydrogen-bond donors (Lipinski definition) is 1. The normalized spacial score (nSPS) is 17.6. The molecule has 25 heavy (non-hydrogen) atoms. The van der Waals surface area contributed by atoms with Crippen molar-refractivity contribution in [3.63, 3.8) is 0 Å². The van der Waals surface area contributed by atoms with Crippen molar-refractivity contribution in [3.05, 3.63) is 41.2 Å². The predicted molar refractivity (Wildman–Crippen MR) is 85.8 cm³/mol. The molecule has 1 aliphatic rings. The van der Waals surface area contributed by atoms with Crippen molar-refractivity contribution < 1.29 is 13.6 Å². The van der Waals surface area contributed by atoms with E-state index in [0.29, 0.717) is 31.9 Å². The van der Waals surface area contributed by atoms with Gasteiger partial charge in [-0.15, -0.1) is 5.10 Å². The van der Waals surface area contributed by atoms with E-state index in [1.807, 2.05) is 0 Å². The molecule has 3 rings (SSSR count). The van der Waals surface area contributed by atoms with Crippen molar-refractivity contribution in [1.82, 2.24) is 30.4 Å². The number of amides is 2. The van der Waals surface area contributed by atoms with Crippen LogP contribution in [0.4, 0.5) is 13.6 Å². The Labute approximate surface area is 144 Å². The van der Waals surface area contributed by atoms with Gasteiger partial charge in [-0.05, 0) is 41.0 Å². The van der Waals surface area contributed by atoms with Gasteiger partial charge in [0.05, 0.1) is 0 Å². The summed E-state index contributed by atoms with van der Waals surface area (Å²) in [4.78, 5) is 14.0. The van der Waals surface area contributed by atoms with Gasteiger partial charge < -0.3 is 10.2 Å². The van der Waals surface area contributed by atoms with Gasteiger partial charge in [0.15, 0.2) is 17.5 Å². The highest BCUT2D eigenvalue weighted by atomic mass is 19.2. The Morgan fingerprint density at radius 3 is 2.92 bits per heavy atom. The standard InChI is InChI=1S/C16H20F2N6O/c1-23-15(20-21-22-23)6-7-19-16(25)24-8-2-3-12(10-24)11-4-5-13(17)14(18)9-11/h4-5,9,12H,2-3,6-8,10H2,1H3,(H,19,25)/t12-/m0/s1. The molecule has 0 radical (unpaired) electrons. The van der Waals surface area contributed by atoms with Gasteiger partial charge >= 0.3 is 6.03 Å². The lowest BCUT2D eigenvalue weighted by atomic mass is 9.90. The van der Waals surface area contributed by atoms with Gasteiger partial charge in [-0.1, -0.05) is 6.07 Å². The minimum atomic E-state index is -0.854. The van der Waals surface area contributed by atoms with Gasteiger partial charge in [0.25, 0.3) is 0 Å². The third-order valence-electron chi connectivity index (χ3n) is 4.46. The Balaban J connectivity index is 1.54. The number of rotatable bonds is 4. The average Bonchev–Trinajstić information content (AvgIpc) is 3.02. The number of hydrogen-bond acceptors (Lipinski definition) is 4. The van der Waals surface area contributed by atoms with Crippen molar-refractivity contribution >= 4 is 6.03 Å².